The van der Waals surface area contributed by atoms with E-state index in [1.54, 1.807) is 25.3 Å². The molecule has 0 bridgehead atoms. The van der Waals surface area contributed by atoms with Gasteiger partial charge >= 0.3 is 5.97 Å². The van der Waals surface area contributed by atoms with E-state index in [0.717, 1.165) is 33.5 Å². The van der Waals surface area contributed by atoms with Gasteiger partial charge in [-0.3, -0.25) is 0 Å². The van der Waals surface area contributed by atoms with Gasteiger partial charge in [0.2, 0.25) is 0 Å². The number of benzene rings is 2. The van der Waals surface area contributed by atoms with Gasteiger partial charge in [-0.05, 0) is 49.8 Å². The zero-order chi connectivity index (χ0) is 24.1. The molecule has 0 radical (unpaired) electrons. The van der Waals surface area contributed by atoms with Crippen LogP contribution in [0.2, 0.25) is 5.15 Å². The molecule has 0 spiro atoms. The van der Waals surface area contributed by atoms with Crippen molar-refractivity contribution in [1.82, 2.24) is 10.1 Å². The quantitative estimate of drug-likeness (QED) is 0.179. The van der Waals surface area contributed by atoms with Crippen molar-refractivity contribution in [3.05, 3.63) is 87.9 Å². The van der Waals surface area contributed by atoms with Gasteiger partial charge in [0.1, 0.15) is 24.1 Å². The number of carbonyl (C=O) groups excluding carboxylic acids is 1. The highest BCUT2D eigenvalue weighted by molar-refractivity contribution is 6.30. The Balaban J connectivity index is 1.38. The SMILES string of the molecule is COc1cc(/C=C/C(=O)OCc2cc3ccccc3nc2Cl)ccc1OCc1c(C)noc1C. The Kier molecular flexibility index (Phi) is 7.13. The number of ether oxygens (including phenoxy) is 3. The minimum Gasteiger partial charge on any atom is -0.493 e. The van der Waals surface area contributed by atoms with Crippen LogP contribution in [-0.4, -0.2) is 23.2 Å². The molecule has 0 aliphatic heterocycles. The summed E-state index contributed by atoms with van der Waals surface area (Å²) < 4.78 is 21.8. The lowest BCUT2D eigenvalue weighted by atomic mass is 10.1. The van der Waals surface area contributed by atoms with E-state index < -0.39 is 5.97 Å². The van der Waals surface area contributed by atoms with E-state index in [1.165, 1.54) is 6.08 Å². The van der Waals surface area contributed by atoms with E-state index >= 15 is 0 Å². The number of rotatable bonds is 8. The van der Waals surface area contributed by atoms with Gasteiger partial charge in [-0.25, -0.2) is 9.78 Å². The number of halogens is 1. The maximum atomic E-state index is 12.2. The predicted octanol–water partition coefficient (Wildman–Crippen LogP) is 5.84. The molecular formula is C26H23ClN2O5. The predicted molar refractivity (Wildman–Crippen MR) is 129 cm³/mol. The van der Waals surface area contributed by atoms with Gasteiger partial charge in [0.25, 0.3) is 0 Å². The number of hydrogen-bond donors (Lipinski definition) is 0. The van der Waals surface area contributed by atoms with E-state index in [-0.39, 0.29) is 6.61 Å². The highest BCUT2D eigenvalue weighted by atomic mass is 35.5. The van der Waals surface area contributed by atoms with E-state index in [9.17, 15) is 4.79 Å². The molecule has 0 aliphatic rings. The fourth-order valence-electron chi connectivity index (χ4n) is 3.36. The number of fused-ring (bicyclic) bond motifs is 1. The fourth-order valence-corrected chi connectivity index (χ4v) is 3.56. The number of carbonyl (C=O) groups is 1. The number of pyridine rings is 1. The van der Waals surface area contributed by atoms with Crippen LogP contribution in [0.5, 0.6) is 11.5 Å². The van der Waals surface area contributed by atoms with Crippen LogP contribution >= 0.6 is 11.6 Å². The van der Waals surface area contributed by atoms with Gasteiger partial charge in [-0.2, -0.15) is 0 Å². The Bertz CT molecular complexity index is 1340. The zero-order valence-electron chi connectivity index (χ0n) is 19.0. The third kappa shape index (κ3) is 5.38. The molecule has 0 saturated heterocycles. The standard InChI is InChI=1S/C26H23ClN2O5/c1-16-21(17(2)34-29-16)15-32-23-10-8-18(12-24(23)31-3)9-11-25(30)33-14-20-13-19-6-4-5-7-22(19)28-26(20)27/h4-13H,14-15H2,1-3H3/b11-9+. The van der Waals surface area contributed by atoms with Crippen molar-refractivity contribution in [2.75, 3.05) is 7.11 Å². The molecule has 2 heterocycles. The molecule has 0 N–H and O–H groups in total. The van der Waals surface area contributed by atoms with Crippen molar-refractivity contribution < 1.29 is 23.5 Å². The van der Waals surface area contributed by atoms with E-state index in [0.29, 0.717) is 28.8 Å². The molecule has 4 rings (SSSR count). The molecule has 2 aromatic heterocycles. The Morgan fingerprint density at radius 2 is 1.91 bits per heavy atom. The Morgan fingerprint density at radius 3 is 2.68 bits per heavy atom. The second-order valence-electron chi connectivity index (χ2n) is 7.57. The van der Waals surface area contributed by atoms with Gasteiger partial charge in [0, 0.05) is 17.0 Å². The number of para-hydroxylation sites is 1. The maximum Gasteiger partial charge on any atom is 0.331 e. The molecule has 174 valence electrons. The van der Waals surface area contributed by atoms with Crippen LogP contribution in [0.4, 0.5) is 0 Å². The molecule has 0 fully saturated rings. The second-order valence-corrected chi connectivity index (χ2v) is 7.93. The molecule has 4 aromatic rings. The largest absolute Gasteiger partial charge is 0.493 e. The molecule has 8 heteroatoms. The maximum absolute atomic E-state index is 12.2. The molecule has 0 aliphatic carbocycles. The fraction of sp³-hybridized carbons (Fsp3) is 0.192. The van der Waals surface area contributed by atoms with E-state index in [4.69, 9.17) is 30.3 Å². The molecule has 0 unspecified atom stereocenters. The number of aromatic nitrogens is 2. The van der Waals surface area contributed by atoms with Crippen LogP contribution in [-0.2, 0) is 22.7 Å². The normalized spacial score (nSPS) is 11.2. The van der Waals surface area contributed by atoms with Crippen LogP contribution < -0.4 is 9.47 Å². The van der Waals surface area contributed by atoms with Gasteiger partial charge < -0.3 is 18.7 Å². The lowest BCUT2D eigenvalue weighted by molar-refractivity contribution is -0.138. The monoisotopic (exact) mass is 478 g/mol. The topological polar surface area (TPSA) is 83.7 Å². The first-order valence-corrected chi connectivity index (χ1v) is 10.9. The second kappa shape index (κ2) is 10.4. The summed E-state index contributed by atoms with van der Waals surface area (Å²) in [5, 5.41) is 5.17. The number of aryl methyl sites for hydroxylation is 2. The minimum atomic E-state index is -0.498. The summed E-state index contributed by atoms with van der Waals surface area (Å²) in [5.41, 5.74) is 3.87. The molecule has 7 nitrogen and oxygen atoms in total. The first kappa shape index (κ1) is 23.3. The van der Waals surface area contributed by atoms with Crippen molar-refractivity contribution in [2.24, 2.45) is 0 Å². The lowest BCUT2D eigenvalue weighted by Gasteiger charge is -2.11. The summed E-state index contributed by atoms with van der Waals surface area (Å²) in [6, 6.07) is 14.9. The summed E-state index contributed by atoms with van der Waals surface area (Å²) in [5.74, 6) is 1.33. The van der Waals surface area contributed by atoms with Crippen LogP contribution in [0, 0.1) is 13.8 Å². The molecule has 0 atom stereocenters. The molecule has 0 amide bonds. The Hall–Kier alpha value is -3.84. The first-order valence-electron chi connectivity index (χ1n) is 10.6. The third-order valence-electron chi connectivity index (χ3n) is 5.27. The Morgan fingerprint density at radius 1 is 1.09 bits per heavy atom. The highest BCUT2D eigenvalue weighted by Gasteiger charge is 2.12. The summed E-state index contributed by atoms with van der Waals surface area (Å²) >= 11 is 6.23. The molecule has 34 heavy (non-hydrogen) atoms. The first-order chi connectivity index (χ1) is 16.4. The summed E-state index contributed by atoms with van der Waals surface area (Å²) in [6.07, 6.45) is 2.99. The van der Waals surface area contributed by atoms with Gasteiger partial charge in [-0.15, -0.1) is 0 Å². The summed E-state index contributed by atoms with van der Waals surface area (Å²) in [7, 11) is 1.56. The summed E-state index contributed by atoms with van der Waals surface area (Å²) in [4.78, 5) is 16.6. The van der Waals surface area contributed by atoms with Crippen molar-refractivity contribution in [1.29, 1.82) is 0 Å². The van der Waals surface area contributed by atoms with Crippen LogP contribution in [0.25, 0.3) is 17.0 Å². The van der Waals surface area contributed by atoms with Crippen LogP contribution in [0.3, 0.4) is 0 Å². The summed E-state index contributed by atoms with van der Waals surface area (Å²) in [6.45, 7) is 4.04. The zero-order valence-corrected chi connectivity index (χ0v) is 19.8. The number of nitrogens with zero attached hydrogens (tertiary/aromatic N) is 2. The van der Waals surface area contributed by atoms with Gasteiger partial charge in [-0.1, -0.05) is 41.0 Å². The molecular weight excluding hydrogens is 456 g/mol. The average Bonchev–Trinajstić information content (AvgIpc) is 3.17. The lowest BCUT2D eigenvalue weighted by Crippen LogP contribution is -2.02. The molecule has 2 aromatic carbocycles. The van der Waals surface area contributed by atoms with E-state index in [1.807, 2.05) is 50.2 Å². The average molecular weight is 479 g/mol. The Labute approximate surface area is 201 Å². The number of esters is 1. The van der Waals surface area contributed by atoms with Crippen molar-refractivity contribution in [3.63, 3.8) is 0 Å². The van der Waals surface area contributed by atoms with Crippen molar-refractivity contribution in [2.45, 2.75) is 27.1 Å². The highest BCUT2D eigenvalue weighted by Crippen LogP contribution is 2.30. The smallest absolute Gasteiger partial charge is 0.331 e. The minimum absolute atomic E-state index is 0.0254. The van der Waals surface area contributed by atoms with Gasteiger partial charge in [0.15, 0.2) is 11.5 Å². The number of hydrogen-bond acceptors (Lipinski definition) is 7. The van der Waals surface area contributed by atoms with Crippen LogP contribution in [0.15, 0.2) is 59.1 Å². The molecule has 0 saturated carbocycles. The third-order valence-corrected chi connectivity index (χ3v) is 5.60. The van der Waals surface area contributed by atoms with Gasteiger partial charge in [0.05, 0.1) is 23.9 Å². The van der Waals surface area contributed by atoms with Crippen LogP contribution in [0.1, 0.15) is 28.1 Å². The van der Waals surface area contributed by atoms with E-state index in [2.05, 4.69) is 10.1 Å². The number of methoxy groups -OCH3 is 1. The van der Waals surface area contributed by atoms with Crippen molar-refractivity contribution in [3.8, 4) is 11.5 Å². The van der Waals surface area contributed by atoms with Crippen molar-refractivity contribution >= 4 is 34.5 Å².